The lowest BCUT2D eigenvalue weighted by Crippen LogP contribution is -1.84. The normalized spacial score (nSPS) is 10.7. The van der Waals surface area contributed by atoms with Gasteiger partial charge in [-0.1, -0.05) is 0 Å². The van der Waals surface area contributed by atoms with Crippen LogP contribution < -0.4 is 4.74 Å². The fourth-order valence-corrected chi connectivity index (χ4v) is 1.70. The summed E-state index contributed by atoms with van der Waals surface area (Å²) in [6.45, 7) is 2.11. The van der Waals surface area contributed by atoms with Crippen molar-refractivity contribution in [3.63, 3.8) is 0 Å². The van der Waals surface area contributed by atoms with Gasteiger partial charge in [-0.05, 0) is 30.7 Å². The number of nitrogens with zero attached hydrogens (tertiary/aromatic N) is 1. The van der Waals surface area contributed by atoms with E-state index in [4.69, 9.17) is 4.74 Å². The predicted octanol–water partition coefficient (Wildman–Crippen LogP) is 2.50. The van der Waals surface area contributed by atoms with E-state index in [-0.39, 0.29) is 0 Å². The van der Waals surface area contributed by atoms with Crippen LogP contribution >= 0.6 is 0 Å². The molecule has 0 aliphatic carbocycles. The van der Waals surface area contributed by atoms with Gasteiger partial charge in [-0.25, -0.2) is 0 Å². The summed E-state index contributed by atoms with van der Waals surface area (Å²) in [5.74, 6) is 0.918. The van der Waals surface area contributed by atoms with Crippen molar-refractivity contribution in [2.45, 2.75) is 6.92 Å². The highest BCUT2D eigenvalue weighted by molar-refractivity contribution is 5.85. The van der Waals surface area contributed by atoms with Gasteiger partial charge in [0.25, 0.3) is 0 Å². The zero-order chi connectivity index (χ0) is 9.42. The summed E-state index contributed by atoms with van der Waals surface area (Å²) in [5.41, 5.74) is 2.54. The summed E-state index contributed by atoms with van der Waals surface area (Å²) >= 11 is 0. The van der Waals surface area contributed by atoms with Crippen molar-refractivity contribution in [3.05, 3.63) is 30.0 Å². The molecule has 0 spiro atoms. The zero-order valence-electron chi connectivity index (χ0n) is 8.16. The number of aryl methyl sites for hydroxylation is 2. The molecule has 2 rings (SSSR count). The Balaban J connectivity index is 2.76. The van der Waals surface area contributed by atoms with Crippen LogP contribution in [-0.2, 0) is 7.05 Å². The van der Waals surface area contributed by atoms with E-state index in [0.29, 0.717) is 0 Å². The van der Waals surface area contributed by atoms with E-state index in [1.807, 2.05) is 6.07 Å². The molecule has 0 aliphatic rings. The van der Waals surface area contributed by atoms with Gasteiger partial charge in [-0.3, -0.25) is 0 Å². The first-order valence-corrected chi connectivity index (χ1v) is 4.32. The molecule has 0 fully saturated rings. The van der Waals surface area contributed by atoms with E-state index in [1.54, 1.807) is 7.11 Å². The molecule has 1 aromatic carbocycles. The van der Waals surface area contributed by atoms with Crippen molar-refractivity contribution >= 4 is 10.9 Å². The van der Waals surface area contributed by atoms with Gasteiger partial charge in [0.05, 0.1) is 7.11 Å². The highest BCUT2D eigenvalue weighted by Crippen LogP contribution is 2.24. The lowest BCUT2D eigenvalue weighted by atomic mass is 10.2. The van der Waals surface area contributed by atoms with Gasteiger partial charge in [-0.15, -0.1) is 0 Å². The van der Waals surface area contributed by atoms with Crippen LogP contribution in [0.2, 0.25) is 0 Å². The third kappa shape index (κ3) is 1.18. The van der Waals surface area contributed by atoms with Gasteiger partial charge in [0, 0.05) is 24.1 Å². The largest absolute Gasteiger partial charge is 0.497 e. The summed E-state index contributed by atoms with van der Waals surface area (Å²) in [7, 11) is 3.75. The molecule has 13 heavy (non-hydrogen) atoms. The molecule has 2 aromatic rings. The molecule has 1 heterocycles. The number of benzene rings is 1. The van der Waals surface area contributed by atoms with Crippen molar-refractivity contribution in [3.8, 4) is 5.75 Å². The summed E-state index contributed by atoms with van der Waals surface area (Å²) < 4.78 is 7.31. The number of ether oxygens (including phenoxy) is 1. The number of hydrogen-bond acceptors (Lipinski definition) is 1. The van der Waals surface area contributed by atoms with E-state index in [0.717, 1.165) is 5.75 Å². The van der Waals surface area contributed by atoms with Crippen molar-refractivity contribution in [1.82, 2.24) is 4.57 Å². The first-order valence-electron chi connectivity index (χ1n) is 4.32. The molecule has 0 aliphatic heterocycles. The highest BCUT2D eigenvalue weighted by atomic mass is 16.5. The second-order valence-corrected chi connectivity index (χ2v) is 3.31. The Hall–Kier alpha value is -1.44. The van der Waals surface area contributed by atoms with Crippen LogP contribution in [0.1, 0.15) is 5.56 Å². The Bertz CT molecular complexity index is 443. The number of fused-ring (bicyclic) bond motifs is 1. The fraction of sp³-hybridized carbons (Fsp3) is 0.273. The van der Waals surface area contributed by atoms with E-state index >= 15 is 0 Å². The lowest BCUT2D eigenvalue weighted by Gasteiger charge is -2.00. The maximum absolute atomic E-state index is 5.18. The summed E-state index contributed by atoms with van der Waals surface area (Å²) in [6, 6.07) is 6.15. The van der Waals surface area contributed by atoms with Crippen LogP contribution in [0.15, 0.2) is 24.4 Å². The minimum Gasteiger partial charge on any atom is -0.497 e. The first-order chi connectivity index (χ1) is 6.22. The van der Waals surface area contributed by atoms with Crippen LogP contribution in [0.3, 0.4) is 0 Å². The van der Waals surface area contributed by atoms with Crippen LogP contribution in [-0.4, -0.2) is 11.7 Å². The Labute approximate surface area is 77.7 Å². The van der Waals surface area contributed by atoms with E-state index in [1.165, 1.54) is 16.5 Å². The van der Waals surface area contributed by atoms with Crippen LogP contribution in [0.5, 0.6) is 5.75 Å². The van der Waals surface area contributed by atoms with E-state index in [9.17, 15) is 0 Å². The molecule has 2 heteroatoms. The van der Waals surface area contributed by atoms with Gasteiger partial charge in [0.15, 0.2) is 0 Å². The van der Waals surface area contributed by atoms with Gasteiger partial charge in [0.2, 0.25) is 0 Å². The second kappa shape index (κ2) is 2.80. The quantitative estimate of drug-likeness (QED) is 0.649. The fourth-order valence-electron chi connectivity index (χ4n) is 1.70. The molecule has 0 amide bonds. The average molecular weight is 175 g/mol. The van der Waals surface area contributed by atoms with Crippen molar-refractivity contribution in [2.24, 2.45) is 7.05 Å². The molecule has 2 nitrogen and oxygen atoms in total. The molecular formula is C11H13NO. The summed E-state index contributed by atoms with van der Waals surface area (Å²) in [4.78, 5) is 0. The van der Waals surface area contributed by atoms with E-state index in [2.05, 4.69) is 36.9 Å². The van der Waals surface area contributed by atoms with Crippen LogP contribution in [0, 0.1) is 6.92 Å². The first kappa shape index (κ1) is 8.17. The van der Waals surface area contributed by atoms with Crippen molar-refractivity contribution < 1.29 is 4.74 Å². The summed E-state index contributed by atoms with van der Waals surface area (Å²) in [6.07, 6.45) is 2.13. The Morgan fingerprint density at radius 3 is 2.77 bits per heavy atom. The lowest BCUT2D eigenvalue weighted by molar-refractivity contribution is 0.415. The standard InChI is InChI=1S/C11H13NO/c1-8-7-12(2)11-5-4-9(13-3)6-10(8)11/h4-7H,1-3H3. The SMILES string of the molecule is COc1ccc2c(c1)c(C)cn2C. The topological polar surface area (TPSA) is 14.2 Å². The Kier molecular flexibility index (Phi) is 1.76. The van der Waals surface area contributed by atoms with Crippen molar-refractivity contribution in [1.29, 1.82) is 0 Å². The maximum Gasteiger partial charge on any atom is 0.119 e. The maximum atomic E-state index is 5.18. The molecule has 1 aromatic heterocycles. The van der Waals surface area contributed by atoms with Gasteiger partial charge >= 0.3 is 0 Å². The van der Waals surface area contributed by atoms with E-state index < -0.39 is 0 Å². The molecule has 68 valence electrons. The molecule has 0 atom stereocenters. The molecule has 0 radical (unpaired) electrons. The van der Waals surface area contributed by atoms with Crippen molar-refractivity contribution in [2.75, 3.05) is 7.11 Å². The summed E-state index contributed by atoms with van der Waals surface area (Å²) in [5, 5.41) is 1.27. The highest BCUT2D eigenvalue weighted by Gasteiger charge is 2.03. The third-order valence-electron chi connectivity index (χ3n) is 2.40. The van der Waals surface area contributed by atoms with Crippen LogP contribution in [0.25, 0.3) is 10.9 Å². The predicted molar refractivity (Wildman–Crippen MR) is 54.2 cm³/mol. The third-order valence-corrected chi connectivity index (χ3v) is 2.40. The van der Waals surface area contributed by atoms with Gasteiger partial charge in [0.1, 0.15) is 5.75 Å². The number of hydrogen-bond donors (Lipinski definition) is 0. The Morgan fingerprint density at radius 1 is 1.31 bits per heavy atom. The molecule has 0 unspecified atom stereocenters. The molecule has 0 saturated carbocycles. The number of methoxy groups -OCH3 is 1. The van der Waals surface area contributed by atoms with Crippen LogP contribution in [0.4, 0.5) is 0 Å². The molecule has 0 N–H and O–H groups in total. The minimum atomic E-state index is 0.918. The Morgan fingerprint density at radius 2 is 2.08 bits per heavy atom. The monoisotopic (exact) mass is 175 g/mol. The smallest absolute Gasteiger partial charge is 0.119 e. The average Bonchev–Trinajstić information content (AvgIpc) is 2.42. The minimum absolute atomic E-state index is 0.918. The number of aromatic nitrogens is 1. The van der Waals surface area contributed by atoms with Gasteiger partial charge in [-0.2, -0.15) is 0 Å². The van der Waals surface area contributed by atoms with Gasteiger partial charge < -0.3 is 9.30 Å². The molecular weight excluding hydrogens is 162 g/mol. The second-order valence-electron chi connectivity index (χ2n) is 3.31. The molecule has 0 bridgehead atoms. The zero-order valence-corrected chi connectivity index (χ0v) is 8.16. The molecule has 0 saturated heterocycles. The number of rotatable bonds is 1.